The largest absolute Gasteiger partial charge is 0.494 e. The van der Waals surface area contributed by atoms with Crippen molar-refractivity contribution in [2.75, 3.05) is 44.7 Å². The van der Waals surface area contributed by atoms with Gasteiger partial charge in [-0.15, -0.1) is 0 Å². The van der Waals surface area contributed by atoms with Crippen molar-refractivity contribution in [1.29, 1.82) is 0 Å². The molecule has 0 bridgehead atoms. The van der Waals surface area contributed by atoms with Crippen LogP contribution >= 0.6 is 0 Å². The van der Waals surface area contributed by atoms with E-state index in [4.69, 9.17) is 4.74 Å². The average molecular weight is 397 g/mol. The van der Waals surface area contributed by atoms with E-state index in [1.54, 1.807) is 13.2 Å². The highest BCUT2D eigenvalue weighted by molar-refractivity contribution is 5.81. The van der Waals surface area contributed by atoms with E-state index in [2.05, 4.69) is 28.0 Å². The molecule has 2 aromatic carbocycles. The number of ether oxygens (including phenoxy) is 1. The minimum atomic E-state index is -0.299. The Morgan fingerprint density at radius 1 is 1.03 bits per heavy atom. The van der Waals surface area contributed by atoms with E-state index in [1.807, 2.05) is 17.9 Å². The monoisotopic (exact) mass is 397 g/mol. The molecule has 0 aliphatic carbocycles. The number of nitrogens with zero attached hydrogens (tertiary/aromatic N) is 3. The minimum absolute atomic E-state index is 0.141. The third kappa shape index (κ3) is 4.08. The predicted molar refractivity (Wildman–Crippen MR) is 112 cm³/mol. The molecule has 0 radical (unpaired) electrons. The molecule has 1 amide bonds. The van der Waals surface area contributed by atoms with Gasteiger partial charge in [-0.25, -0.2) is 4.39 Å². The Kier molecular flexibility index (Phi) is 5.72. The third-order valence-electron chi connectivity index (χ3n) is 6.14. The molecular formula is C23H28FN3O2. The molecule has 0 spiro atoms. The third-order valence-corrected chi connectivity index (χ3v) is 6.14. The van der Waals surface area contributed by atoms with Crippen molar-refractivity contribution < 1.29 is 13.9 Å². The molecule has 0 saturated carbocycles. The summed E-state index contributed by atoms with van der Waals surface area (Å²) in [6, 6.07) is 12.9. The zero-order valence-electron chi connectivity index (χ0n) is 17.1. The number of halogens is 1. The Morgan fingerprint density at radius 3 is 2.48 bits per heavy atom. The molecule has 2 aliphatic rings. The van der Waals surface area contributed by atoms with Crippen LogP contribution in [0.4, 0.5) is 10.1 Å². The maximum absolute atomic E-state index is 13.5. The van der Waals surface area contributed by atoms with Crippen molar-refractivity contribution in [2.45, 2.75) is 25.9 Å². The van der Waals surface area contributed by atoms with Crippen molar-refractivity contribution in [1.82, 2.24) is 9.80 Å². The molecule has 2 aromatic rings. The smallest absolute Gasteiger partial charge is 0.239 e. The highest BCUT2D eigenvalue weighted by Gasteiger charge is 2.30. The van der Waals surface area contributed by atoms with Crippen molar-refractivity contribution in [3.8, 4) is 5.75 Å². The van der Waals surface area contributed by atoms with Gasteiger partial charge in [-0.2, -0.15) is 0 Å². The summed E-state index contributed by atoms with van der Waals surface area (Å²) in [6.45, 7) is 6.64. The maximum Gasteiger partial charge on any atom is 0.239 e. The summed E-state index contributed by atoms with van der Waals surface area (Å²) < 4.78 is 18.8. The van der Waals surface area contributed by atoms with E-state index in [1.165, 1.54) is 23.3 Å². The topological polar surface area (TPSA) is 36.0 Å². The normalized spacial score (nSPS) is 18.3. The van der Waals surface area contributed by atoms with Crippen LogP contribution < -0.4 is 9.64 Å². The summed E-state index contributed by atoms with van der Waals surface area (Å²) in [7, 11) is 1.56. The summed E-state index contributed by atoms with van der Waals surface area (Å²) in [6.07, 6.45) is 0.923. The number of amides is 1. The van der Waals surface area contributed by atoms with Gasteiger partial charge in [-0.1, -0.05) is 24.3 Å². The zero-order chi connectivity index (χ0) is 20.4. The summed E-state index contributed by atoms with van der Waals surface area (Å²) in [5.41, 5.74) is 3.51. The van der Waals surface area contributed by atoms with E-state index in [0.717, 1.165) is 44.8 Å². The van der Waals surface area contributed by atoms with Gasteiger partial charge in [0.2, 0.25) is 5.91 Å². The summed E-state index contributed by atoms with van der Waals surface area (Å²) in [5.74, 6) is 0.452. The Hall–Kier alpha value is -2.60. The Balaban J connectivity index is 1.37. The van der Waals surface area contributed by atoms with Gasteiger partial charge < -0.3 is 14.5 Å². The highest BCUT2D eigenvalue weighted by atomic mass is 19.1. The molecule has 2 heterocycles. The molecule has 154 valence electrons. The Labute approximate surface area is 171 Å². The SMILES string of the molecule is COc1cc(F)ccc1N1CCN(C(C)C(=O)N2CCc3ccccc3C2)CC1. The van der Waals surface area contributed by atoms with E-state index in [9.17, 15) is 9.18 Å². The summed E-state index contributed by atoms with van der Waals surface area (Å²) in [4.78, 5) is 19.5. The first-order valence-electron chi connectivity index (χ1n) is 10.2. The second-order valence-electron chi connectivity index (χ2n) is 7.79. The van der Waals surface area contributed by atoms with E-state index in [0.29, 0.717) is 12.3 Å². The molecule has 1 saturated heterocycles. The van der Waals surface area contributed by atoms with Gasteiger partial charge in [0.15, 0.2) is 0 Å². The molecular weight excluding hydrogens is 369 g/mol. The van der Waals surface area contributed by atoms with Crippen LogP contribution in [0.3, 0.4) is 0 Å². The van der Waals surface area contributed by atoms with Crippen LogP contribution in [0.25, 0.3) is 0 Å². The highest BCUT2D eigenvalue weighted by Crippen LogP contribution is 2.30. The van der Waals surface area contributed by atoms with Crippen LogP contribution in [-0.2, 0) is 17.8 Å². The van der Waals surface area contributed by atoms with E-state index >= 15 is 0 Å². The number of rotatable bonds is 4. The van der Waals surface area contributed by atoms with Crippen LogP contribution in [0.15, 0.2) is 42.5 Å². The van der Waals surface area contributed by atoms with Crippen molar-refractivity contribution >= 4 is 11.6 Å². The molecule has 6 heteroatoms. The number of anilines is 1. The predicted octanol–water partition coefficient (Wildman–Crippen LogP) is 2.93. The van der Waals surface area contributed by atoms with Crippen molar-refractivity contribution in [3.05, 3.63) is 59.4 Å². The Bertz CT molecular complexity index is 880. The number of carbonyl (C=O) groups excluding carboxylic acids is 1. The second kappa shape index (κ2) is 8.41. The molecule has 4 rings (SSSR count). The number of hydrogen-bond donors (Lipinski definition) is 0. The van der Waals surface area contributed by atoms with Crippen LogP contribution in [0, 0.1) is 5.82 Å². The van der Waals surface area contributed by atoms with Gasteiger partial charge in [-0.05, 0) is 36.6 Å². The Morgan fingerprint density at radius 2 is 1.76 bits per heavy atom. The van der Waals surface area contributed by atoms with Gasteiger partial charge in [0.05, 0.1) is 18.8 Å². The van der Waals surface area contributed by atoms with Gasteiger partial charge in [0.1, 0.15) is 11.6 Å². The van der Waals surface area contributed by atoms with Crippen LogP contribution in [0.5, 0.6) is 5.75 Å². The maximum atomic E-state index is 13.5. The number of piperazine rings is 1. The van der Waals surface area contributed by atoms with E-state index in [-0.39, 0.29) is 17.8 Å². The fourth-order valence-corrected chi connectivity index (χ4v) is 4.37. The van der Waals surface area contributed by atoms with Crippen LogP contribution in [0.2, 0.25) is 0 Å². The van der Waals surface area contributed by atoms with Gasteiger partial charge in [-0.3, -0.25) is 9.69 Å². The zero-order valence-corrected chi connectivity index (χ0v) is 17.1. The molecule has 5 nitrogen and oxygen atoms in total. The van der Waals surface area contributed by atoms with Gasteiger partial charge in [0, 0.05) is 45.3 Å². The average Bonchev–Trinajstić information content (AvgIpc) is 2.77. The number of carbonyl (C=O) groups is 1. The number of fused-ring (bicyclic) bond motifs is 1. The van der Waals surface area contributed by atoms with Gasteiger partial charge in [0.25, 0.3) is 0 Å². The second-order valence-corrected chi connectivity index (χ2v) is 7.79. The summed E-state index contributed by atoms with van der Waals surface area (Å²) >= 11 is 0. The quantitative estimate of drug-likeness (QED) is 0.795. The van der Waals surface area contributed by atoms with Crippen LogP contribution in [0.1, 0.15) is 18.1 Å². The minimum Gasteiger partial charge on any atom is -0.494 e. The van der Waals surface area contributed by atoms with Crippen LogP contribution in [-0.4, -0.2) is 61.6 Å². The lowest BCUT2D eigenvalue weighted by Gasteiger charge is -2.40. The number of benzene rings is 2. The standard InChI is InChI=1S/C23H28FN3O2/c1-17(23(28)27-10-9-18-5-3-4-6-19(18)16-27)25-11-13-26(14-12-25)21-8-7-20(24)15-22(21)29-2/h3-8,15,17H,9-14,16H2,1-2H3. The van der Waals surface area contributed by atoms with E-state index < -0.39 is 0 Å². The molecule has 1 unspecified atom stereocenters. The van der Waals surface area contributed by atoms with Gasteiger partial charge >= 0.3 is 0 Å². The first-order valence-corrected chi connectivity index (χ1v) is 10.2. The molecule has 0 N–H and O–H groups in total. The molecule has 0 aromatic heterocycles. The summed E-state index contributed by atoms with van der Waals surface area (Å²) in [5, 5.41) is 0. The fraction of sp³-hybridized carbons (Fsp3) is 0.435. The molecule has 29 heavy (non-hydrogen) atoms. The lowest BCUT2D eigenvalue weighted by molar-refractivity contribution is -0.137. The molecule has 1 atom stereocenters. The fourth-order valence-electron chi connectivity index (χ4n) is 4.37. The first kappa shape index (κ1) is 19.7. The first-order chi connectivity index (χ1) is 14.1. The van der Waals surface area contributed by atoms with Crippen molar-refractivity contribution in [2.24, 2.45) is 0 Å². The molecule has 2 aliphatic heterocycles. The lowest BCUT2D eigenvalue weighted by atomic mass is 9.99. The lowest BCUT2D eigenvalue weighted by Crippen LogP contribution is -2.55. The number of hydrogen-bond acceptors (Lipinski definition) is 4. The number of methoxy groups -OCH3 is 1. The van der Waals surface area contributed by atoms with Crippen molar-refractivity contribution in [3.63, 3.8) is 0 Å². The molecule has 1 fully saturated rings.